The minimum Gasteiger partial charge on any atom is -0.396 e. The number of amides is 1. The number of carbonyl (C=O) groups is 1. The van der Waals surface area contributed by atoms with E-state index in [0.29, 0.717) is 18.8 Å². The Bertz CT molecular complexity index is 396. The third kappa shape index (κ3) is 5.20. The van der Waals surface area contributed by atoms with Gasteiger partial charge >= 0.3 is 0 Å². The summed E-state index contributed by atoms with van der Waals surface area (Å²) in [6.45, 7) is 0.143. The molecule has 2 rings (SSSR count). The van der Waals surface area contributed by atoms with Crippen LogP contribution >= 0.6 is 11.8 Å². The maximum atomic E-state index is 11.8. The molecule has 0 saturated heterocycles. The van der Waals surface area contributed by atoms with Gasteiger partial charge in [0.2, 0.25) is 5.91 Å². The Morgan fingerprint density at radius 3 is 3.00 bits per heavy atom. The molecule has 1 aromatic heterocycles. The first kappa shape index (κ1) is 14.3. The SMILES string of the molecule is O=C(CCSc1ccccn1)NC(CCO)C1CC1. The van der Waals surface area contributed by atoms with E-state index in [1.807, 2.05) is 18.2 Å². The van der Waals surface area contributed by atoms with Crippen molar-refractivity contribution >= 4 is 17.7 Å². The largest absolute Gasteiger partial charge is 0.396 e. The minimum atomic E-state index is 0.0776. The lowest BCUT2D eigenvalue weighted by Crippen LogP contribution is -2.37. The highest BCUT2D eigenvalue weighted by atomic mass is 32.2. The molecule has 1 aromatic rings. The molecular formula is C14H20N2O2S. The molecule has 4 nitrogen and oxygen atoms in total. The van der Waals surface area contributed by atoms with Crippen LogP contribution in [0.2, 0.25) is 0 Å². The summed E-state index contributed by atoms with van der Waals surface area (Å²) in [6, 6.07) is 5.94. The molecule has 19 heavy (non-hydrogen) atoms. The molecule has 0 aliphatic heterocycles. The Labute approximate surface area is 118 Å². The third-order valence-corrected chi connectivity index (χ3v) is 4.14. The second-order valence-electron chi connectivity index (χ2n) is 4.79. The Morgan fingerprint density at radius 2 is 2.37 bits per heavy atom. The zero-order valence-corrected chi connectivity index (χ0v) is 11.7. The van der Waals surface area contributed by atoms with Crippen molar-refractivity contribution in [3.8, 4) is 0 Å². The molecule has 1 saturated carbocycles. The standard InChI is InChI=1S/C14H20N2O2S/c17-9-6-12(11-4-5-11)16-13(18)7-10-19-14-3-1-2-8-15-14/h1-3,8,11-12,17H,4-7,9-10H2,(H,16,18). The maximum Gasteiger partial charge on any atom is 0.221 e. The zero-order chi connectivity index (χ0) is 13.5. The van der Waals surface area contributed by atoms with Crippen LogP contribution in [0, 0.1) is 5.92 Å². The van der Waals surface area contributed by atoms with E-state index in [0.717, 1.165) is 10.8 Å². The lowest BCUT2D eigenvalue weighted by atomic mass is 10.1. The molecule has 1 fully saturated rings. The van der Waals surface area contributed by atoms with Crippen LogP contribution in [-0.4, -0.2) is 34.4 Å². The summed E-state index contributed by atoms with van der Waals surface area (Å²) in [7, 11) is 0. The van der Waals surface area contributed by atoms with Gasteiger partial charge in [-0.05, 0) is 37.3 Å². The molecule has 5 heteroatoms. The fraction of sp³-hybridized carbons (Fsp3) is 0.571. The van der Waals surface area contributed by atoms with E-state index in [1.165, 1.54) is 12.8 Å². The number of thioether (sulfide) groups is 1. The summed E-state index contributed by atoms with van der Waals surface area (Å²) in [5, 5.41) is 13.0. The van der Waals surface area contributed by atoms with Crippen LogP contribution in [0.5, 0.6) is 0 Å². The van der Waals surface area contributed by atoms with Crippen LogP contribution in [0.3, 0.4) is 0 Å². The van der Waals surface area contributed by atoms with Crippen molar-refractivity contribution < 1.29 is 9.90 Å². The number of hydrogen-bond acceptors (Lipinski definition) is 4. The molecule has 0 spiro atoms. The van der Waals surface area contributed by atoms with E-state index in [9.17, 15) is 4.79 Å². The molecule has 1 heterocycles. The Balaban J connectivity index is 1.66. The van der Waals surface area contributed by atoms with Crippen LogP contribution in [0.25, 0.3) is 0 Å². The molecule has 1 unspecified atom stereocenters. The zero-order valence-electron chi connectivity index (χ0n) is 10.9. The number of carbonyl (C=O) groups excluding carboxylic acids is 1. The number of hydrogen-bond donors (Lipinski definition) is 2. The van der Waals surface area contributed by atoms with Gasteiger partial charge in [-0.1, -0.05) is 6.07 Å². The summed E-state index contributed by atoms with van der Waals surface area (Å²) >= 11 is 1.59. The highest BCUT2D eigenvalue weighted by molar-refractivity contribution is 7.99. The lowest BCUT2D eigenvalue weighted by Gasteiger charge is -2.16. The molecule has 1 atom stereocenters. The van der Waals surface area contributed by atoms with E-state index >= 15 is 0 Å². The normalized spacial score (nSPS) is 16.1. The quantitative estimate of drug-likeness (QED) is 0.713. The molecule has 0 aromatic carbocycles. The van der Waals surface area contributed by atoms with Gasteiger partial charge in [0, 0.05) is 31.0 Å². The van der Waals surface area contributed by atoms with Crippen molar-refractivity contribution in [2.24, 2.45) is 5.92 Å². The van der Waals surface area contributed by atoms with Gasteiger partial charge in [-0.2, -0.15) is 0 Å². The van der Waals surface area contributed by atoms with Crippen molar-refractivity contribution in [3.63, 3.8) is 0 Å². The molecular weight excluding hydrogens is 260 g/mol. The Morgan fingerprint density at radius 1 is 1.53 bits per heavy atom. The number of nitrogens with one attached hydrogen (secondary N) is 1. The number of aliphatic hydroxyl groups is 1. The molecule has 1 amide bonds. The van der Waals surface area contributed by atoms with Crippen molar-refractivity contribution in [2.45, 2.75) is 36.8 Å². The van der Waals surface area contributed by atoms with E-state index in [4.69, 9.17) is 5.11 Å². The highest BCUT2D eigenvalue weighted by Gasteiger charge is 2.31. The van der Waals surface area contributed by atoms with Gasteiger partial charge < -0.3 is 10.4 Å². The van der Waals surface area contributed by atoms with Gasteiger partial charge in [0.05, 0.1) is 5.03 Å². The van der Waals surface area contributed by atoms with Gasteiger partial charge in [-0.15, -0.1) is 11.8 Å². The van der Waals surface area contributed by atoms with E-state index in [2.05, 4.69) is 10.3 Å². The fourth-order valence-corrected chi connectivity index (χ4v) is 2.83. The summed E-state index contributed by atoms with van der Waals surface area (Å²) in [5.41, 5.74) is 0. The van der Waals surface area contributed by atoms with Crippen LogP contribution in [0.15, 0.2) is 29.4 Å². The van der Waals surface area contributed by atoms with Gasteiger partial charge in [0.1, 0.15) is 0 Å². The van der Waals surface area contributed by atoms with Gasteiger partial charge in [0.25, 0.3) is 0 Å². The summed E-state index contributed by atoms with van der Waals surface area (Å²) < 4.78 is 0. The molecule has 0 radical (unpaired) electrons. The first-order chi connectivity index (χ1) is 9.29. The van der Waals surface area contributed by atoms with Gasteiger partial charge in [-0.25, -0.2) is 4.98 Å². The number of aromatic nitrogens is 1. The molecule has 0 bridgehead atoms. The summed E-state index contributed by atoms with van der Waals surface area (Å²) in [5.74, 6) is 1.40. The molecule has 2 N–H and O–H groups in total. The average molecular weight is 280 g/mol. The number of aliphatic hydroxyl groups excluding tert-OH is 1. The number of nitrogens with zero attached hydrogens (tertiary/aromatic N) is 1. The van der Waals surface area contributed by atoms with Crippen LogP contribution < -0.4 is 5.32 Å². The third-order valence-electron chi connectivity index (χ3n) is 3.19. The smallest absolute Gasteiger partial charge is 0.221 e. The van der Waals surface area contributed by atoms with Crippen LogP contribution in [0.4, 0.5) is 0 Å². The lowest BCUT2D eigenvalue weighted by molar-refractivity contribution is -0.121. The predicted molar refractivity (Wildman–Crippen MR) is 75.9 cm³/mol. The first-order valence-corrected chi connectivity index (χ1v) is 7.72. The van der Waals surface area contributed by atoms with Crippen LogP contribution in [-0.2, 0) is 4.79 Å². The average Bonchev–Trinajstić information content (AvgIpc) is 3.24. The highest BCUT2D eigenvalue weighted by Crippen LogP contribution is 2.33. The maximum absolute atomic E-state index is 11.8. The van der Waals surface area contributed by atoms with Crippen molar-refractivity contribution in [2.75, 3.05) is 12.4 Å². The molecule has 1 aliphatic carbocycles. The summed E-state index contributed by atoms with van der Waals surface area (Å²) in [4.78, 5) is 16.0. The molecule has 104 valence electrons. The second-order valence-corrected chi connectivity index (χ2v) is 5.91. The minimum absolute atomic E-state index is 0.0776. The fourth-order valence-electron chi connectivity index (χ4n) is 2.02. The Kier molecular flexibility index (Phi) is 5.66. The molecule has 1 aliphatic rings. The van der Waals surface area contributed by atoms with E-state index in [1.54, 1.807) is 18.0 Å². The predicted octanol–water partition coefficient (Wildman–Crippen LogP) is 1.84. The van der Waals surface area contributed by atoms with Gasteiger partial charge in [-0.3, -0.25) is 4.79 Å². The van der Waals surface area contributed by atoms with Gasteiger partial charge in [0.15, 0.2) is 0 Å². The first-order valence-electron chi connectivity index (χ1n) is 6.73. The van der Waals surface area contributed by atoms with E-state index < -0.39 is 0 Å². The van der Waals surface area contributed by atoms with Crippen molar-refractivity contribution in [1.82, 2.24) is 10.3 Å². The second kappa shape index (κ2) is 7.50. The monoisotopic (exact) mass is 280 g/mol. The topological polar surface area (TPSA) is 62.2 Å². The summed E-state index contributed by atoms with van der Waals surface area (Å²) in [6.07, 6.45) is 5.27. The van der Waals surface area contributed by atoms with Crippen LogP contribution in [0.1, 0.15) is 25.7 Å². The Hall–Kier alpha value is -1.07. The number of pyridine rings is 1. The number of rotatable bonds is 8. The van der Waals surface area contributed by atoms with E-state index in [-0.39, 0.29) is 18.6 Å². The van der Waals surface area contributed by atoms with Crippen molar-refractivity contribution in [3.05, 3.63) is 24.4 Å². The van der Waals surface area contributed by atoms with Crippen molar-refractivity contribution in [1.29, 1.82) is 0 Å².